The molecule has 2 aromatic rings. The highest BCUT2D eigenvalue weighted by molar-refractivity contribution is 6.03. The van der Waals surface area contributed by atoms with E-state index in [2.05, 4.69) is 101 Å². The Morgan fingerprint density at radius 3 is 2.11 bits per heavy atom. The number of aldehydes is 1. The Morgan fingerprint density at radius 1 is 0.911 bits per heavy atom. The average Bonchev–Trinajstić information content (AvgIpc) is 2.97. The lowest BCUT2D eigenvalue weighted by Crippen LogP contribution is -2.49. The second-order valence-corrected chi connectivity index (χ2v) is 12.8. The van der Waals surface area contributed by atoms with Crippen molar-refractivity contribution in [1.82, 2.24) is 4.58 Å². The van der Waals surface area contributed by atoms with E-state index in [4.69, 9.17) is 14.3 Å². The first kappa shape index (κ1) is 33.7. The van der Waals surface area contributed by atoms with Gasteiger partial charge in [0.25, 0.3) is 0 Å². The third-order valence-electron chi connectivity index (χ3n) is 9.09. The van der Waals surface area contributed by atoms with Gasteiger partial charge >= 0.3 is 5.97 Å². The molecule has 2 aromatic carbocycles. The minimum Gasteiger partial charge on any atom is -0.465 e. The molecule has 6 heteroatoms. The molecule has 0 unspecified atom stereocenters. The highest BCUT2D eigenvalue weighted by atomic mass is 16.5. The number of hydrogen-bond acceptors (Lipinski definition) is 5. The summed E-state index contributed by atoms with van der Waals surface area (Å²) in [6, 6.07) is 8.90. The molecule has 0 spiro atoms. The van der Waals surface area contributed by atoms with E-state index < -0.39 is 0 Å². The zero-order valence-electron chi connectivity index (χ0n) is 29.1. The number of anilines is 1. The van der Waals surface area contributed by atoms with Crippen molar-refractivity contribution in [3.8, 4) is 11.5 Å². The van der Waals surface area contributed by atoms with Gasteiger partial charge in [0.2, 0.25) is 5.36 Å². The predicted molar refractivity (Wildman–Crippen MR) is 186 cm³/mol. The van der Waals surface area contributed by atoms with Gasteiger partial charge in [0, 0.05) is 59.6 Å². The van der Waals surface area contributed by atoms with Gasteiger partial charge in [-0.3, -0.25) is 0 Å². The summed E-state index contributed by atoms with van der Waals surface area (Å²) >= 11 is 0. The maximum absolute atomic E-state index is 13.1. The molecule has 6 nitrogen and oxygen atoms in total. The van der Waals surface area contributed by atoms with Crippen LogP contribution in [0.5, 0.6) is 11.5 Å². The molecule has 3 aliphatic rings. The fourth-order valence-electron chi connectivity index (χ4n) is 7.41. The molecular weight excluding hydrogens is 560 g/mol. The topological polar surface area (TPSA) is 58.9 Å². The molecule has 0 aromatic heterocycles. The highest BCUT2D eigenvalue weighted by Gasteiger charge is 2.36. The lowest BCUT2D eigenvalue weighted by Gasteiger charge is -2.43. The van der Waals surface area contributed by atoms with Crippen LogP contribution in [0.25, 0.3) is 16.7 Å². The predicted octanol–water partition coefficient (Wildman–Crippen LogP) is 6.99. The molecule has 45 heavy (non-hydrogen) atoms. The number of carbonyl (C=O) groups excluding carboxylic acids is 2. The van der Waals surface area contributed by atoms with E-state index >= 15 is 0 Å². The van der Waals surface area contributed by atoms with Crippen LogP contribution in [0.2, 0.25) is 0 Å². The third kappa shape index (κ3) is 5.71. The summed E-state index contributed by atoms with van der Waals surface area (Å²) in [6.45, 7) is 24.9. The maximum atomic E-state index is 13.1. The molecule has 0 fully saturated rings. The average molecular weight is 610 g/mol. The van der Waals surface area contributed by atoms with Crippen LogP contribution in [0.15, 0.2) is 59.7 Å². The number of rotatable bonds is 5. The van der Waals surface area contributed by atoms with Crippen LogP contribution >= 0.6 is 0 Å². The van der Waals surface area contributed by atoms with Gasteiger partial charge in [0.05, 0.1) is 24.3 Å². The number of benzene rings is 2. The van der Waals surface area contributed by atoms with Crippen LogP contribution in [0.1, 0.15) is 92.9 Å². The Morgan fingerprint density at radius 2 is 1.56 bits per heavy atom. The van der Waals surface area contributed by atoms with E-state index in [0.717, 1.165) is 52.8 Å². The number of fused-ring (bicyclic) bond motifs is 4. The Labute approximate surface area is 268 Å². The zero-order valence-corrected chi connectivity index (χ0v) is 29.1. The lowest BCUT2D eigenvalue weighted by atomic mass is 9.82. The molecule has 5 rings (SSSR count). The fourth-order valence-corrected chi connectivity index (χ4v) is 7.41. The number of hydrogen-bond donors (Lipinski definition) is 0. The van der Waals surface area contributed by atoms with E-state index in [9.17, 15) is 4.79 Å². The first-order valence-corrected chi connectivity index (χ1v) is 15.9. The smallest absolute Gasteiger partial charge is 0.338 e. The molecule has 0 bridgehead atoms. The van der Waals surface area contributed by atoms with Gasteiger partial charge in [0.1, 0.15) is 24.3 Å². The number of esters is 1. The number of methoxy groups -OCH3 is 1. The number of ether oxygens (including phenoxy) is 2. The van der Waals surface area contributed by atoms with Crippen molar-refractivity contribution in [3.05, 3.63) is 87.0 Å². The van der Waals surface area contributed by atoms with Crippen molar-refractivity contribution in [2.75, 3.05) is 25.1 Å². The summed E-state index contributed by atoms with van der Waals surface area (Å²) in [6.07, 6.45) is 9.31. The van der Waals surface area contributed by atoms with Crippen LogP contribution in [0.3, 0.4) is 0 Å². The molecule has 0 radical (unpaired) electrons. The Hall–Kier alpha value is -4.19. The molecule has 0 saturated heterocycles. The molecule has 238 valence electrons. The van der Waals surface area contributed by atoms with E-state index in [0.29, 0.717) is 5.57 Å². The Bertz CT molecular complexity index is 1820. The molecule has 0 aliphatic carbocycles. The molecule has 0 atom stereocenters. The van der Waals surface area contributed by atoms with Crippen LogP contribution in [-0.2, 0) is 14.3 Å². The Kier molecular flexibility index (Phi) is 9.48. The first-order valence-electron chi connectivity index (χ1n) is 15.9. The Balaban J connectivity index is 0.00000148. The van der Waals surface area contributed by atoms with Gasteiger partial charge < -0.3 is 19.2 Å². The van der Waals surface area contributed by atoms with Gasteiger partial charge in [-0.05, 0) is 97.2 Å². The van der Waals surface area contributed by atoms with Crippen molar-refractivity contribution in [1.29, 1.82) is 0 Å². The van der Waals surface area contributed by atoms with Gasteiger partial charge in [-0.2, -0.15) is 0 Å². The monoisotopic (exact) mass is 609 g/mol. The third-order valence-corrected chi connectivity index (χ3v) is 9.09. The summed E-state index contributed by atoms with van der Waals surface area (Å²) in [5, 5.41) is 2.14. The van der Waals surface area contributed by atoms with Crippen molar-refractivity contribution in [3.63, 3.8) is 0 Å². The molecule has 0 amide bonds. The standard InChI is InChI=1S/C37H45N2O3.C2H4O/c1-12-24(25(13-2)35(40)41-11)34-28-16-26-22(5)20-36(7,8)38(14-3)30(26)18-32(28)42-33-19-31-27(17-29(33)34)23(6)21-37(9,10)39(31)15-4;1-2-3/h12-13,16-21H,14-15H2,1-11H3;2H,1H3/q+1;/b24-12+,25-13+;. The fraction of sp³-hybridized carbons (Fsp3) is 0.410. The number of nitrogens with zero attached hydrogens (tertiary/aromatic N) is 2. The van der Waals surface area contributed by atoms with Crippen LogP contribution < -0.4 is 24.8 Å². The normalized spacial score (nSPS) is 17.7. The molecule has 3 aliphatic heterocycles. The SMILES string of the molecule is C/C=C(C1=c2cc3c(cc2Oc2cc4c(cc21)C(C)=CC(C)(C)N4CC)=[N+](CC)C(C)(C)C=C3C)\C(=C/C)C(=O)OC.CC=O. The summed E-state index contributed by atoms with van der Waals surface area (Å²) in [7, 11) is 1.44. The zero-order chi connectivity index (χ0) is 33.4. The van der Waals surface area contributed by atoms with E-state index in [-0.39, 0.29) is 17.0 Å². The van der Waals surface area contributed by atoms with Gasteiger partial charge in [-0.15, -0.1) is 0 Å². The van der Waals surface area contributed by atoms with Crippen LogP contribution in [0, 0.1) is 0 Å². The molecule has 3 heterocycles. The molecule has 0 saturated carbocycles. The molecular formula is C39H49N2O4+. The molecule has 0 N–H and O–H groups in total. The van der Waals surface area contributed by atoms with E-state index in [1.807, 2.05) is 26.0 Å². The summed E-state index contributed by atoms with van der Waals surface area (Å²) in [4.78, 5) is 24.3. The minimum atomic E-state index is -0.353. The summed E-state index contributed by atoms with van der Waals surface area (Å²) < 4.78 is 14.5. The summed E-state index contributed by atoms with van der Waals surface area (Å²) in [5.74, 6) is 1.24. The van der Waals surface area contributed by atoms with E-state index in [1.165, 1.54) is 47.4 Å². The van der Waals surface area contributed by atoms with Crippen molar-refractivity contribution >= 4 is 34.7 Å². The minimum absolute atomic E-state index is 0.118. The van der Waals surface area contributed by atoms with Gasteiger partial charge in [0.15, 0.2) is 5.54 Å². The van der Waals surface area contributed by atoms with Crippen molar-refractivity contribution in [2.45, 2.75) is 87.2 Å². The van der Waals surface area contributed by atoms with Gasteiger partial charge in [-0.25, -0.2) is 9.37 Å². The number of carbonyl (C=O) groups is 2. The largest absolute Gasteiger partial charge is 0.465 e. The lowest BCUT2D eigenvalue weighted by molar-refractivity contribution is -0.135. The highest BCUT2D eigenvalue weighted by Crippen LogP contribution is 2.47. The van der Waals surface area contributed by atoms with Gasteiger partial charge in [-0.1, -0.05) is 18.2 Å². The first-order chi connectivity index (χ1) is 21.2. The van der Waals surface area contributed by atoms with E-state index in [1.54, 1.807) is 0 Å². The van der Waals surface area contributed by atoms with Crippen LogP contribution in [-0.4, -0.2) is 43.5 Å². The number of allylic oxidation sites excluding steroid dienone is 4. The maximum Gasteiger partial charge on any atom is 0.338 e. The second-order valence-electron chi connectivity index (χ2n) is 12.8. The second kappa shape index (κ2) is 12.7. The van der Waals surface area contributed by atoms with Crippen molar-refractivity contribution < 1.29 is 19.1 Å². The van der Waals surface area contributed by atoms with Crippen molar-refractivity contribution in [2.24, 2.45) is 0 Å². The quantitative estimate of drug-likeness (QED) is 0.120. The number of likely N-dealkylation sites (N-methyl/N-ethyl adjacent to an activating group) is 2. The van der Waals surface area contributed by atoms with Crippen LogP contribution in [0.4, 0.5) is 5.69 Å². The summed E-state index contributed by atoms with van der Waals surface area (Å²) in [5.41, 5.74) is 9.11.